The van der Waals surface area contributed by atoms with Gasteiger partial charge in [0.15, 0.2) is 0 Å². The van der Waals surface area contributed by atoms with Crippen molar-refractivity contribution in [1.29, 1.82) is 0 Å². The van der Waals surface area contributed by atoms with Crippen molar-refractivity contribution in [3.8, 4) is 11.5 Å². The molecule has 1 aliphatic rings. The Balaban J connectivity index is 2.34. The van der Waals surface area contributed by atoms with Crippen molar-refractivity contribution in [2.24, 2.45) is 0 Å². The third-order valence-electron chi connectivity index (χ3n) is 3.15. The van der Waals surface area contributed by atoms with Crippen LogP contribution in [0.15, 0.2) is 18.2 Å². The van der Waals surface area contributed by atoms with Gasteiger partial charge in [0.1, 0.15) is 11.5 Å². The summed E-state index contributed by atoms with van der Waals surface area (Å²) in [6.45, 7) is 1.90. The Hall–Kier alpha value is -1.22. The summed E-state index contributed by atoms with van der Waals surface area (Å²) in [6.07, 6.45) is 2.19. The molecule has 3 nitrogen and oxygen atoms in total. The van der Waals surface area contributed by atoms with Gasteiger partial charge in [-0.05, 0) is 30.9 Å². The number of piperidine rings is 1. The van der Waals surface area contributed by atoms with Crippen LogP contribution in [0.2, 0.25) is 0 Å². The zero-order valence-corrected chi connectivity index (χ0v) is 9.90. The van der Waals surface area contributed by atoms with Crippen molar-refractivity contribution >= 4 is 0 Å². The lowest BCUT2D eigenvalue weighted by molar-refractivity contribution is 0.362. The molecule has 1 aromatic carbocycles. The van der Waals surface area contributed by atoms with Crippen molar-refractivity contribution < 1.29 is 9.47 Å². The quantitative estimate of drug-likeness (QED) is 0.782. The van der Waals surface area contributed by atoms with Crippen LogP contribution in [-0.4, -0.2) is 27.3 Å². The van der Waals surface area contributed by atoms with E-state index in [0.29, 0.717) is 5.92 Å². The minimum Gasteiger partial charge on any atom is -0.496 e. The van der Waals surface area contributed by atoms with E-state index in [1.165, 1.54) is 5.56 Å². The highest BCUT2D eigenvalue weighted by Crippen LogP contribution is 2.39. The average molecular weight is 220 g/mol. The van der Waals surface area contributed by atoms with Crippen molar-refractivity contribution in [2.45, 2.75) is 18.8 Å². The van der Waals surface area contributed by atoms with Gasteiger partial charge in [0.2, 0.25) is 0 Å². The largest absolute Gasteiger partial charge is 0.496 e. The number of hydrogen-bond donors (Lipinski definition) is 0. The molecule has 1 heterocycles. The first-order valence-electron chi connectivity index (χ1n) is 5.71. The predicted molar refractivity (Wildman–Crippen MR) is 63.4 cm³/mol. The fourth-order valence-corrected chi connectivity index (χ4v) is 2.32. The summed E-state index contributed by atoms with van der Waals surface area (Å²) in [4.78, 5) is 0. The fourth-order valence-electron chi connectivity index (χ4n) is 2.32. The van der Waals surface area contributed by atoms with Crippen LogP contribution >= 0.6 is 0 Å². The summed E-state index contributed by atoms with van der Waals surface area (Å²) < 4.78 is 10.9. The molecule has 0 aromatic heterocycles. The van der Waals surface area contributed by atoms with E-state index < -0.39 is 0 Å². The number of hydrogen-bond acceptors (Lipinski definition) is 2. The molecular weight excluding hydrogens is 202 g/mol. The summed E-state index contributed by atoms with van der Waals surface area (Å²) >= 11 is 0. The van der Waals surface area contributed by atoms with Crippen LogP contribution in [0.1, 0.15) is 24.3 Å². The zero-order valence-electron chi connectivity index (χ0n) is 9.90. The maximum Gasteiger partial charge on any atom is 0.126 e. The van der Waals surface area contributed by atoms with Gasteiger partial charge >= 0.3 is 0 Å². The predicted octanol–water partition coefficient (Wildman–Crippen LogP) is 2.19. The monoisotopic (exact) mass is 220 g/mol. The van der Waals surface area contributed by atoms with Gasteiger partial charge in [-0.1, -0.05) is 6.07 Å². The molecule has 0 spiro atoms. The summed E-state index contributed by atoms with van der Waals surface area (Å²) in [7, 11) is 3.43. The lowest BCUT2D eigenvalue weighted by Gasteiger charge is -2.25. The molecule has 0 aliphatic carbocycles. The standard InChI is InChI=1S/C13H18NO2/c1-15-11-4-3-5-12(16-2)13(11)10-6-8-14-9-7-10/h3-5,10H,6-9H2,1-2H3. The van der Waals surface area contributed by atoms with E-state index in [0.717, 1.165) is 37.4 Å². The van der Waals surface area contributed by atoms with E-state index in [1.54, 1.807) is 14.2 Å². The summed E-state index contributed by atoms with van der Waals surface area (Å²) in [5, 5.41) is 4.38. The molecule has 0 bridgehead atoms. The van der Waals surface area contributed by atoms with Crippen molar-refractivity contribution in [2.75, 3.05) is 27.3 Å². The normalized spacial score (nSPS) is 17.1. The van der Waals surface area contributed by atoms with Gasteiger partial charge in [-0.15, -0.1) is 0 Å². The van der Waals surface area contributed by atoms with Gasteiger partial charge in [0, 0.05) is 18.7 Å². The molecule has 1 aliphatic heterocycles. The van der Waals surface area contributed by atoms with E-state index in [9.17, 15) is 0 Å². The molecule has 1 saturated heterocycles. The molecule has 0 N–H and O–H groups in total. The second kappa shape index (κ2) is 5.21. The lowest BCUT2D eigenvalue weighted by Crippen LogP contribution is -2.21. The molecular formula is C13H18NO2. The Labute approximate surface area is 96.8 Å². The summed E-state index contributed by atoms with van der Waals surface area (Å²) in [5.41, 5.74) is 1.21. The van der Waals surface area contributed by atoms with Gasteiger partial charge in [-0.2, -0.15) is 0 Å². The first kappa shape index (κ1) is 11.3. The van der Waals surface area contributed by atoms with Crippen LogP contribution in [0.25, 0.3) is 0 Å². The molecule has 87 valence electrons. The fraction of sp³-hybridized carbons (Fsp3) is 0.538. The lowest BCUT2D eigenvalue weighted by atomic mass is 9.89. The molecule has 1 radical (unpaired) electrons. The molecule has 16 heavy (non-hydrogen) atoms. The minimum absolute atomic E-state index is 0.517. The summed E-state index contributed by atoms with van der Waals surface area (Å²) in [6, 6.07) is 5.97. The highest BCUT2D eigenvalue weighted by molar-refractivity contribution is 5.47. The third kappa shape index (κ3) is 2.14. The Kier molecular flexibility index (Phi) is 3.67. The highest BCUT2D eigenvalue weighted by atomic mass is 16.5. The number of benzene rings is 1. The van der Waals surface area contributed by atoms with Crippen LogP contribution in [0.5, 0.6) is 11.5 Å². The number of ether oxygens (including phenoxy) is 2. The van der Waals surface area contributed by atoms with Gasteiger partial charge in [0.25, 0.3) is 0 Å². The maximum atomic E-state index is 5.43. The SMILES string of the molecule is COc1cccc(OC)c1C1CC[N]CC1. The molecule has 1 fully saturated rings. The number of rotatable bonds is 3. The van der Waals surface area contributed by atoms with Gasteiger partial charge < -0.3 is 9.47 Å². The van der Waals surface area contributed by atoms with E-state index in [1.807, 2.05) is 18.2 Å². The van der Waals surface area contributed by atoms with Gasteiger partial charge in [0.05, 0.1) is 14.2 Å². The van der Waals surface area contributed by atoms with E-state index in [2.05, 4.69) is 5.32 Å². The van der Waals surface area contributed by atoms with Gasteiger partial charge in [-0.3, -0.25) is 0 Å². The molecule has 1 aromatic rings. The smallest absolute Gasteiger partial charge is 0.126 e. The second-order valence-corrected chi connectivity index (χ2v) is 4.02. The second-order valence-electron chi connectivity index (χ2n) is 4.02. The molecule has 0 saturated carbocycles. The molecule has 0 atom stereocenters. The van der Waals surface area contributed by atoms with Crippen molar-refractivity contribution in [3.63, 3.8) is 0 Å². The minimum atomic E-state index is 0.517. The highest BCUT2D eigenvalue weighted by Gasteiger charge is 2.22. The third-order valence-corrected chi connectivity index (χ3v) is 3.15. The van der Waals surface area contributed by atoms with E-state index in [4.69, 9.17) is 9.47 Å². The summed E-state index contributed by atoms with van der Waals surface area (Å²) in [5.74, 6) is 2.39. The Morgan fingerprint density at radius 1 is 1.06 bits per heavy atom. The number of nitrogens with zero attached hydrogens (tertiary/aromatic N) is 1. The van der Waals surface area contributed by atoms with E-state index >= 15 is 0 Å². The molecule has 0 unspecified atom stereocenters. The Morgan fingerprint density at radius 3 is 2.12 bits per heavy atom. The van der Waals surface area contributed by atoms with Crippen LogP contribution in [0.3, 0.4) is 0 Å². The first-order valence-corrected chi connectivity index (χ1v) is 5.71. The van der Waals surface area contributed by atoms with Crippen LogP contribution in [-0.2, 0) is 0 Å². The Morgan fingerprint density at radius 2 is 1.62 bits per heavy atom. The maximum absolute atomic E-state index is 5.43. The van der Waals surface area contributed by atoms with Crippen LogP contribution in [0.4, 0.5) is 0 Å². The topological polar surface area (TPSA) is 32.6 Å². The Bertz CT molecular complexity index is 324. The van der Waals surface area contributed by atoms with Crippen LogP contribution < -0.4 is 14.8 Å². The zero-order chi connectivity index (χ0) is 11.4. The molecule has 0 amide bonds. The van der Waals surface area contributed by atoms with Gasteiger partial charge in [-0.25, -0.2) is 5.32 Å². The van der Waals surface area contributed by atoms with Crippen molar-refractivity contribution in [1.82, 2.24) is 5.32 Å². The van der Waals surface area contributed by atoms with E-state index in [-0.39, 0.29) is 0 Å². The van der Waals surface area contributed by atoms with Crippen molar-refractivity contribution in [3.05, 3.63) is 23.8 Å². The average Bonchev–Trinajstić information content (AvgIpc) is 2.38. The molecule has 2 rings (SSSR count). The molecule has 3 heteroatoms. The first-order chi connectivity index (χ1) is 7.86. The van der Waals surface area contributed by atoms with Crippen LogP contribution in [0, 0.1) is 0 Å². The number of methoxy groups -OCH3 is 2.